The molecule has 0 atom stereocenters. The average Bonchev–Trinajstić information content (AvgIpc) is 2.16. The molecule has 0 aliphatic rings. The summed E-state index contributed by atoms with van der Waals surface area (Å²) < 4.78 is 1.35. The van der Waals surface area contributed by atoms with Crippen molar-refractivity contribution >= 4 is 32.8 Å². The lowest BCUT2D eigenvalue weighted by molar-refractivity contribution is 0.574. The molecule has 0 unspecified atom stereocenters. The van der Waals surface area contributed by atoms with Crippen molar-refractivity contribution < 1.29 is 0 Å². The van der Waals surface area contributed by atoms with Crippen LogP contribution in [0.5, 0.6) is 0 Å². The second-order valence-electron chi connectivity index (χ2n) is 3.87. The summed E-state index contributed by atoms with van der Waals surface area (Å²) in [6.07, 6.45) is 13.3. The molecule has 0 saturated heterocycles. The quantitative estimate of drug-likeness (QED) is 0.250. The molecular weight excluding hydrogens is 287 g/mol. The summed E-state index contributed by atoms with van der Waals surface area (Å²) in [4.78, 5) is 0. The molecule has 0 aromatic rings. The minimum atomic E-state index is 1.35. The van der Waals surface area contributed by atoms with Gasteiger partial charge in [0.1, 0.15) is 0 Å². The molecule has 0 heterocycles. The molecule has 13 heavy (non-hydrogen) atoms. The third-order valence-electron chi connectivity index (χ3n) is 2.49. The molecule has 0 aliphatic heterocycles. The van der Waals surface area contributed by atoms with Gasteiger partial charge in [-0.1, -0.05) is 80.0 Å². The Labute approximate surface area is 101 Å². The molecule has 0 aromatic heterocycles. The number of unbranched alkanes of at least 4 members (excludes halogenated alkanes) is 8. The molecule has 80 valence electrons. The Morgan fingerprint density at radius 3 is 1.38 bits per heavy atom. The van der Waals surface area contributed by atoms with Crippen LogP contribution in [0.2, 0.25) is 6.04 Å². The summed E-state index contributed by atoms with van der Waals surface area (Å²) in [5, 5.41) is 0. The number of halogens is 1. The number of hydrogen-bond donors (Lipinski definition) is 0. The van der Waals surface area contributed by atoms with E-state index in [9.17, 15) is 0 Å². The van der Waals surface area contributed by atoms with E-state index in [1.807, 2.05) is 0 Å². The van der Waals surface area contributed by atoms with Gasteiger partial charge in [0.25, 0.3) is 0 Å². The normalized spacial score (nSPS) is 10.8. The Balaban J connectivity index is 2.76. The van der Waals surface area contributed by atoms with Crippen LogP contribution in [0.25, 0.3) is 0 Å². The van der Waals surface area contributed by atoms with Crippen LogP contribution in [0.3, 0.4) is 0 Å². The minimum Gasteiger partial charge on any atom is -0.0864 e. The molecule has 0 radical (unpaired) electrons. The van der Waals surface area contributed by atoms with Gasteiger partial charge < -0.3 is 0 Å². The van der Waals surface area contributed by atoms with Crippen LogP contribution in [0.4, 0.5) is 0 Å². The van der Waals surface area contributed by atoms with E-state index in [-0.39, 0.29) is 0 Å². The number of rotatable bonds is 10. The van der Waals surface area contributed by atoms with Crippen LogP contribution in [0.15, 0.2) is 0 Å². The van der Waals surface area contributed by atoms with E-state index in [1.54, 1.807) is 0 Å². The standard InChI is InChI=1S/C11H25ISi/c12-10-8-6-4-2-1-3-5-7-9-11-13/h1-11H2,13H3. The molecule has 0 spiro atoms. The Hall–Kier alpha value is 0.947. The summed E-state index contributed by atoms with van der Waals surface area (Å²) in [5.74, 6) is 0. The lowest BCUT2D eigenvalue weighted by Crippen LogP contribution is -1.82. The maximum atomic E-state index is 2.47. The first-order valence-electron chi connectivity index (χ1n) is 5.97. The number of alkyl halides is 1. The Bertz CT molecular complexity index is 76.2. The summed E-state index contributed by atoms with van der Waals surface area (Å²) >= 11 is 2.47. The van der Waals surface area contributed by atoms with Crippen LogP contribution in [0.1, 0.15) is 57.8 Å². The fourth-order valence-corrected chi connectivity index (χ4v) is 2.62. The molecule has 2 heteroatoms. The first kappa shape index (κ1) is 13.9. The highest BCUT2D eigenvalue weighted by Crippen LogP contribution is 2.10. The summed E-state index contributed by atoms with van der Waals surface area (Å²) in [6.45, 7) is 0. The highest BCUT2D eigenvalue weighted by molar-refractivity contribution is 14.1. The molecule has 0 amide bonds. The lowest BCUT2D eigenvalue weighted by atomic mass is 10.1. The topological polar surface area (TPSA) is 0 Å². The minimum absolute atomic E-state index is 1.35. The van der Waals surface area contributed by atoms with Crippen molar-refractivity contribution in [2.75, 3.05) is 4.43 Å². The molecule has 0 saturated carbocycles. The van der Waals surface area contributed by atoms with Gasteiger partial charge in [-0.05, 0) is 10.8 Å². The van der Waals surface area contributed by atoms with Crippen LogP contribution < -0.4 is 0 Å². The summed E-state index contributed by atoms with van der Waals surface area (Å²) in [5.41, 5.74) is 0. The molecule has 0 rings (SSSR count). The van der Waals surface area contributed by atoms with Crippen LogP contribution >= 0.6 is 22.6 Å². The SMILES string of the molecule is [SiH3]CCCCCCCCCCCI. The van der Waals surface area contributed by atoms with E-state index >= 15 is 0 Å². The smallest absolute Gasteiger partial charge is 0.00279 e. The fourth-order valence-electron chi connectivity index (χ4n) is 1.58. The van der Waals surface area contributed by atoms with Gasteiger partial charge in [0.2, 0.25) is 0 Å². The molecule has 0 aliphatic carbocycles. The third kappa shape index (κ3) is 12.9. The maximum absolute atomic E-state index is 2.47. The first-order valence-corrected chi connectivity index (χ1v) is 8.91. The van der Waals surface area contributed by atoms with Crippen LogP contribution in [0, 0.1) is 0 Å². The monoisotopic (exact) mass is 312 g/mol. The van der Waals surface area contributed by atoms with Crippen molar-refractivity contribution in [1.82, 2.24) is 0 Å². The highest BCUT2D eigenvalue weighted by atomic mass is 127. The van der Waals surface area contributed by atoms with Gasteiger partial charge in [-0.25, -0.2) is 0 Å². The Kier molecular flexibility index (Phi) is 13.9. The van der Waals surface area contributed by atoms with E-state index < -0.39 is 0 Å². The van der Waals surface area contributed by atoms with Crippen molar-refractivity contribution in [3.8, 4) is 0 Å². The van der Waals surface area contributed by atoms with Crippen LogP contribution in [-0.4, -0.2) is 14.7 Å². The van der Waals surface area contributed by atoms with Gasteiger partial charge in [0.05, 0.1) is 0 Å². The Morgan fingerprint density at radius 2 is 1.00 bits per heavy atom. The number of hydrogen-bond acceptors (Lipinski definition) is 0. The molecule has 0 fully saturated rings. The predicted molar refractivity (Wildman–Crippen MR) is 75.2 cm³/mol. The third-order valence-corrected chi connectivity index (χ3v) is 3.96. The van der Waals surface area contributed by atoms with Gasteiger partial charge in [0.15, 0.2) is 0 Å². The molecule has 0 aromatic carbocycles. The summed E-state index contributed by atoms with van der Waals surface area (Å²) in [7, 11) is 1.41. The van der Waals surface area contributed by atoms with Crippen molar-refractivity contribution in [3.63, 3.8) is 0 Å². The van der Waals surface area contributed by atoms with Crippen molar-refractivity contribution in [3.05, 3.63) is 0 Å². The van der Waals surface area contributed by atoms with Crippen molar-refractivity contribution in [2.45, 2.75) is 63.8 Å². The molecular formula is C11H25ISi. The van der Waals surface area contributed by atoms with Gasteiger partial charge in [-0.2, -0.15) is 0 Å². The van der Waals surface area contributed by atoms with E-state index in [0.29, 0.717) is 0 Å². The van der Waals surface area contributed by atoms with E-state index in [2.05, 4.69) is 22.6 Å². The van der Waals surface area contributed by atoms with Gasteiger partial charge in [-0.3, -0.25) is 0 Å². The van der Waals surface area contributed by atoms with Gasteiger partial charge in [0, 0.05) is 10.2 Å². The largest absolute Gasteiger partial charge is 0.0864 e. The summed E-state index contributed by atoms with van der Waals surface area (Å²) in [6, 6.07) is 1.51. The predicted octanol–water partition coefficient (Wildman–Crippen LogP) is 3.72. The van der Waals surface area contributed by atoms with Gasteiger partial charge >= 0.3 is 0 Å². The Morgan fingerprint density at radius 1 is 0.615 bits per heavy atom. The van der Waals surface area contributed by atoms with E-state index in [1.165, 1.54) is 78.5 Å². The van der Waals surface area contributed by atoms with Crippen LogP contribution in [-0.2, 0) is 0 Å². The second-order valence-corrected chi connectivity index (χ2v) is 5.95. The van der Waals surface area contributed by atoms with Crippen molar-refractivity contribution in [2.24, 2.45) is 0 Å². The first-order chi connectivity index (χ1) is 6.41. The molecule has 0 N–H and O–H groups in total. The second kappa shape index (κ2) is 12.9. The molecule has 0 nitrogen and oxygen atoms in total. The lowest BCUT2D eigenvalue weighted by Gasteiger charge is -2.00. The zero-order valence-electron chi connectivity index (χ0n) is 9.16. The van der Waals surface area contributed by atoms with E-state index in [0.717, 1.165) is 0 Å². The zero-order chi connectivity index (χ0) is 9.78. The zero-order valence-corrected chi connectivity index (χ0v) is 13.3. The maximum Gasteiger partial charge on any atom is 0.00279 e. The highest BCUT2D eigenvalue weighted by Gasteiger charge is 1.91. The van der Waals surface area contributed by atoms with Gasteiger partial charge in [-0.15, -0.1) is 0 Å². The average molecular weight is 312 g/mol. The fraction of sp³-hybridized carbons (Fsp3) is 1.00. The molecule has 0 bridgehead atoms. The van der Waals surface area contributed by atoms with E-state index in [4.69, 9.17) is 0 Å². The van der Waals surface area contributed by atoms with Crippen molar-refractivity contribution in [1.29, 1.82) is 0 Å².